The van der Waals surface area contributed by atoms with Crippen LogP contribution in [-0.4, -0.2) is 17.8 Å². The van der Waals surface area contributed by atoms with E-state index in [0.29, 0.717) is 0 Å². The minimum Gasteiger partial charge on any atom is -0.412 e. The van der Waals surface area contributed by atoms with E-state index < -0.39 is 0 Å². The molecule has 1 aliphatic heterocycles. The summed E-state index contributed by atoms with van der Waals surface area (Å²) in [6.45, 7) is 0.963. The standard InChI is InChI=1S/C4H8OS.H2O/c1-2-4-6-5-3-1;/h1-4H2;1H2. The maximum atomic E-state index is 4.99. The molecule has 0 saturated carbocycles. The van der Waals surface area contributed by atoms with Crippen LogP contribution in [0.15, 0.2) is 0 Å². The molecule has 0 radical (unpaired) electrons. The highest BCUT2D eigenvalue weighted by molar-refractivity contribution is 7.94. The normalized spacial score (nSPS) is 20.6. The zero-order chi connectivity index (χ0) is 4.24. The van der Waals surface area contributed by atoms with Gasteiger partial charge in [0, 0.05) is 5.75 Å². The maximum Gasteiger partial charge on any atom is 0.0614 e. The molecule has 1 heterocycles. The summed E-state index contributed by atoms with van der Waals surface area (Å²) in [6.07, 6.45) is 2.59. The summed E-state index contributed by atoms with van der Waals surface area (Å²) in [6, 6.07) is 0. The molecule has 0 aromatic heterocycles. The highest BCUT2D eigenvalue weighted by Gasteiger charge is 1.96. The van der Waals surface area contributed by atoms with Gasteiger partial charge in [-0.1, -0.05) is 0 Å². The lowest BCUT2D eigenvalue weighted by atomic mass is 10.4. The first-order chi connectivity index (χ1) is 3.00. The van der Waals surface area contributed by atoms with E-state index in [1.165, 1.54) is 18.6 Å². The third-order valence-electron chi connectivity index (χ3n) is 0.789. The highest BCUT2D eigenvalue weighted by atomic mass is 32.2. The van der Waals surface area contributed by atoms with Gasteiger partial charge in [0.2, 0.25) is 0 Å². The van der Waals surface area contributed by atoms with Crippen molar-refractivity contribution in [3.8, 4) is 0 Å². The average molecular weight is 122 g/mol. The minimum absolute atomic E-state index is 0. The summed E-state index contributed by atoms with van der Waals surface area (Å²) in [5.74, 6) is 1.19. The van der Waals surface area contributed by atoms with E-state index in [4.69, 9.17) is 4.18 Å². The Hall–Kier alpha value is 0.270. The quantitative estimate of drug-likeness (QED) is 0.442. The lowest BCUT2D eigenvalue weighted by molar-refractivity contribution is 0.346. The molecule has 0 bridgehead atoms. The van der Waals surface area contributed by atoms with Crippen LogP contribution in [0.2, 0.25) is 0 Å². The summed E-state index contributed by atoms with van der Waals surface area (Å²) in [4.78, 5) is 0. The Kier molecular flexibility index (Phi) is 4.60. The lowest BCUT2D eigenvalue weighted by Gasteiger charge is -2.06. The molecule has 0 atom stereocenters. The van der Waals surface area contributed by atoms with Crippen LogP contribution in [0, 0.1) is 0 Å². The predicted octanol–water partition coefficient (Wildman–Crippen LogP) is 0.620. The predicted molar refractivity (Wildman–Crippen MR) is 31.3 cm³/mol. The molecule has 0 aromatic carbocycles. The van der Waals surface area contributed by atoms with Crippen molar-refractivity contribution >= 4 is 12.0 Å². The monoisotopic (exact) mass is 122 g/mol. The average Bonchev–Trinajstić information content (AvgIpc) is 1.72. The smallest absolute Gasteiger partial charge is 0.0614 e. The van der Waals surface area contributed by atoms with Crippen LogP contribution >= 0.6 is 12.0 Å². The molecule has 44 valence electrons. The van der Waals surface area contributed by atoms with Gasteiger partial charge in [-0.3, -0.25) is 0 Å². The second kappa shape index (κ2) is 4.43. The molecular formula is C4H10O2S. The third-order valence-corrected chi connectivity index (χ3v) is 1.58. The van der Waals surface area contributed by atoms with E-state index in [0.717, 1.165) is 6.61 Å². The molecule has 0 aliphatic carbocycles. The van der Waals surface area contributed by atoms with Crippen LogP contribution in [-0.2, 0) is 4.18 Å². The fourth-order valence-corrected chi connectivity index (χ4v) is 1.12. The van der Waals surface area contributed by atoms with Crippen LogP contribution in [0.1, 0.15) is 12.8 Å². The molecule has 2 N–H and O–H groups in total. The minimum atomic E-state index is 0. The number of hydrogen-bond donors (Lipinski definition) is 0. The Balaban J connectivity index is 0.000000360. The molecule has 1 fully saturated rings. The topological polar surface area (TPSA) is 40.7 Å². The summed E-state index contributed by atoms with van der Waals surface area (Å²) in [5.41, 5.74) is 0. The van der Waals surface area contributed by atoms with Gasteiger partial charge in [0.1, 0.15) is 0 Å². The lowest BCUT2D eigenvalue weighted by Crippen LogP contribution is -1.95. The van der Waals surface area contributed by atoms with Crippen molar-refractivity contribution in [1.29, 1.82) is 0 Å². The van der Waals surface area contributed by atoms with Crippen molar-refractivity contribution in [2.75, 3.05) is 12.4 Å². The molecule has 1 saturated heterocycles. The first-order valence-electron chi connectivity index (χ1n) is 2.24. The SMILES string of the molecule is C1CCSOC1.O. The maximum absolute atomic E-state index is 4.99. The first-order valence-corrected chi connectivity index (χ1v) is 3.15. The molecule has 1 rings (SSSR count). The van der Waals surface area contributed by atoms with Crippen molar-refractivity contribution in [3.63, 3.8) is 0 Å². The number of rotatable bonds is 0. The summed E-state index contributed by atoms with van der Waals surface area (Å²) in [7, 11) is 0. The molecule has 2 nitrogen and oxygen atoms in total. The molecule has 7 heavy (non-hydrogen) atoms. The Bertz CT molecular complexity index is 25.2. The fraction of sp³-hybridized carbons (Fsp3) is 1.00. The Morgan fingerprint density at radius 2 is 2.14 bits per heavy atom. The van der Waals surface area contributed by atoms with Gasteiger partial charge in [-0.05, 0) is 24.9 Å². The van der Waals surface area contributed by atoms with Crippen LogP contribution in [0.4, 0.5) is 0 Å². The van der Waals surface area contributed by atoms with Gasteiger partial charge in [0.05, 0.1) is 6.61 Å². The second-order valence-corrected chi connectivity index (χ2v) is 2.23. The van der Waals surface area contributed by atoms with E-state index in [-0.39, 0.29) is 5.48 Å². The van der Waals surface area contributed by atoms with Gasteiger partial charge in [0.25, 0.3) is 0 Å². The molecular weight excluding hydrogens is 112 g/mol. The molecule has 0 aromatic rings. The van der Waals surface area contributed by atoms with Crippen molar-refractivity contribution in [2.45, 2.75) is 12.8 Å². The van der Waals surface area contributed by atoms with Crippen molar-refractivity contribution < 1.29 is 9.66 Å². The Labute approximate surface area is 47.8 Å². The van der Waals surface area contributed by atoms with E-state index in [9.17, 15) is 0 Å². The Morgan fingerprint density at radius 1 is 1.29 bits per heavy atom. The molecule has 3 heteroatoms. The van der Waals surface area contributed by atoms with Crippen molar-refractivity contribution in [3.05, 3.63) is 0 Å². The largest absolute Gasteiger partial charge is 0.412 e. The van der Waals surface area contributed by atoms with Crippen molar-refractivity contribution in [1.82, 2.24) is 0 Å². The molecule has 0 spiro atoms. The van der Waals surface area contributed by atoms with Crippen LogP contribution in [0.3, 0.4) is 0 Å². The molecule has 0 unspecified atom stereocenters. The first kappa shape index (κ1) is 7.27. The van der Waals surface area contributed by atoms with Gasteiger partial charge >= 0.3 is 0 Å². The number of hydrogen-bond acceptors (Lipinski definition) is 2. The highest BCUT2D eigenvalue weighted by Crippen LogP contribution is 2.12. The fourth-order valence-electron chi connectivity index (χ4n) is 0.440. The summed E-state index contributed by atoms with van der Waals surface area (Å²) >= 11 is 1.59. The van der Waals surface area contributed by atoms with Crippen LogP contribution in [0.5, 0.6) is 0 Å². The van der Waals surface area contributed by atoms with Gasteiger partial charge in [-0.25, -0.2) is 0 Å². The van der Waals surface area contributed by atoms with E-state index in [2.05, 4.69) is 0 Å². The molecule has 1 aliphatic rings. The van der Waals surface area contributed by atoms with Gasteiger partial charge < -0.3 is 9.66 Å². The molecule has 0 amide bonds. The summed E-state index contributed by atoms with van der Waals surface area (Å²) < 4.78 is 4.99. The van der Waals surface area contributed by atoms with Crippen molar-refractivity contribution in [2.24, 2.45) is 0 Å². The van der Waals surface area contributed by atoms with Crippen LogP contribution < -0.4 is 0 Å². The third kappa shape index (κ3) is 2.91. The van der Waals surface area contributed by atoms with Gasteiger partial charge in [0.15, 0.2) is 0 Å². The summed E-state index contributed by atoms with van der Waals surface area (Å²) in [5, 5.41) is 0. The Morgan fingerprint density at radius 3 is 2.29 bits per heavy atom. The zero-order valence-corrected chi connectivity index (χ0v) is 4.96. The second-order valence-electron chi connectivity index (χ2n) is 1.35. The van der Waals surface area contributed by atoms with Gasteiger partial charge in [-0.15, -0.1) is 0 Å². The van der Waals surface area contributed by atoms with Gasteiger partial charge in [-0.2, -0.15) is 0 Å². The zero-order valence-electron chi connectivity index (χ0n) is 4.14. The van der Waals surface area contributed by atoms with E-state index in [1.807, 2.05) is 0 Å². The van der Waals surface area contributed by atoms with E-state index in [1.54, 1.807) is 12.0 Å². The van der Waals surface area contributed by atoms with E-state index >= 15 is 0 Å². The van der Waals surface area contributed by atoms with Crippen LogP contribution in [0.25, 0.3) is 0 Å².